The van der Waals surface area contributed by atoms with Gasteiger partial charge >= 0.3 is 0 Å². The lowest BCUT2D eigenvalue weighted by Gasteiger charge is -2.15. The number of hydrogen-bond donors (Lipinski definition) is 1. The minimum Gasteiger partial charge on any atom is -0.340 e. The minimum atomic E-state index is -0.395. The third kappa shape index (κ3) is 4.11. The molecule has 0 aliphatic heterocycles. The quantitative estimate of drug-likeness (QED) is 0.695. The average Bonchev–Trinajstić information content (AvgIpc) is 3.07. The first kappa shape index (κ1) is 18.9. The predicted octanol–water partition coefficient (Wildman–Crippen LogP) is 4.11. The summed E-state index contributed by atoms with van der Waals surface area (Å²) in [7, 11) is 1.75. The molecular weight excluding hydrogens is 364 g/mol. The van der Waals surface area contributed by atoms with Gasteiger partial charge in [0.15, 0.2) is 5.69 Å². The number of benzene rings is 1. The Balaban J connectivity index is 1.93. The van der Waals surface area contributed by atoms with Gasteiger partial charge in [-0.25, -0.2) is 4.98 Å². The molecule has 1 N–H and O–H groups in total. The number of imidazole rings is 1. The van der Waals surface area contributed by atoms with Gasteiger partial charge in [0.1, 0.15) is 0 Å². The molecule has 6 nitrogen and oxygen atoms in total. The van der Waals surface area contributed by atoms with Crippen molar-refractivity contribution in [2.24, 2.45) is 0 Å². The summed E-state index contributed by atoms with van der Waals surface area (Å²) in [6, 6.07) is 12.2. The van der Waals surface area contributed by atoms with Crippen molar-refractivity contribution in [1.82, 2.24) is 14.3 Å². The van der Waals surface area contributed by atoms with Gasteiger partial charge in [-0.3, -0.25) is 14.0 Å². The highest BCUT2D eigenvalue weighted by Gasteiger charge is 2.23. The third-order valence-electron chi connectivity index (χ3n) is 4.25. The number of unbranched alkanes of at least 4 members (excludes halogenated alkanes) is 1. The molecule has 0 fully saturated rings. The van der Waals surface area contributed by atoms with Crippen LogP contribution in [0.2, 0.25) is 5.02 Å². The Morgan fingerprint density at radius 2 is 1.93 bits per heavy atom. The van der Waals surface area contributed by atoms with E-state index in [1.807, 2.05) is 6.07 Å². The summed E-state index contributed by atoms with van der Waals surface area (Å²) in [5.41, 5.74) is 1.48. The molecule has 140 valence electrons. The van der Waals surface area contributed by atoms with Crippen LogP contribution in [0.15, 0.2) is 48.7 Å². The summed E-state index contributed by atoms with van der Waals surface area (Å²) < 4.78 is 1.63. The number of fused-ring (bicyclic) bond motifs is 1. The van der Waals surface area contributed by atoms with Gasteiger partial charge in [-0.1, -0.05) is 31.0 Å². The number of aromatic nitrogens is 2. The van der Waals surface area contributed by atoms with Gasteiger partial charge in [0.2, 0.25) is 5.82 Å². The lowest BCUT2D eigenvalue weighted by molar-refractivity contribution is 0.0790. The van der Waals surface area contributed by atoms with Crippen molar-refractivity contribution in [3.8, 4) is 0 Å². The van der Waals surface area contributed by atoms with Crippen molar-refractivity contribution in [3.05, 3.63) is 65.2 Å². The van der Waals surface area contributed by atoms with E-state index in [0.29, 0.717) is 22.8 Å². The fourth-order valence-corrected chi connectivity index (χ4v) is 2.88. The number of carbonyl (C=O) groups is 2. The fraction of sp³-hybridized carbons (Fsp3) is 0.250. The Morgan fingerprint density at radius 3 is 2.63 bits per heavy atom. The molecule has 3 aromatic rings. The van der Waals surface area contributed by atoms with Crippen molar-refractivity contribution >= 4 is 34.6 Å². The summed E-state index contributed by atoms with van der Waals surface area (Å²) in [4.78, 5) is 31.5. The zero-order valence-corrected chi connectivity index (χ0v) is 16.0. The SMILES string of the molecule is CCCCN(C)C(=O)c1nc(C(=O)Nc2ccc(Cl)cc2)n2ccccc12. The molecule has 3 rings (SSSR count). The molecular formula is C20H21ClN4O2. The van der Waals surface area contributed by atoms with Crippen LogP contribution in [-0.2, 0) is 0 Å². The maximum atomic E-state index is 12.8. The van der Waals surface area contributed by atoms with E-state index in [2.05, 4.69) is 17.2 Å². The molecule has 0 radical (unpaired) electrons. The van der Waals surface area contributed by atoms with Gasteiger partial charge in [0.05, 0.1) is 5.52 Å². The zero-order valence-electron chi connectivity index (χ0n) is 15.3. The normalized spacial score (nSPS) is 10.8. The number of nitrogens with one attached hydrogen (secondary N) is 1. The van der Waals surface area contributed by atoms with Crippen LogP contribution in [0.5, 0.6) is 0 Å². The number of carbonyl (C=O) groups excluding carboxylic acids is 2. The van der Waals surface area contributed by atoms with Crippen molar-refractivity contribution < 1.29 is 9.59 Å². The number of rotatable bonds is 6. The van der Waals surface area contributed by atoms with Gasteiger partial charge in [0, 0.05) is 30.5 Å². The molecule has 0 atom stereocenters. The number of hydrogen-bond acceptors (Lipinski definition) is 3. The van der Waals surface area contributed by atoms with Crippen LogP contribution >= 0.6 is 11.6 Å². The third-order valence-corrected chi connectivity index (χ3v) is 4.50. The van der Waals surface area contributed by atoms with Crippen LogP contribution in [-0.4, -0.2) is 39.7 Å². The number of halogens is 1. The number of anilines is 1. The molecule has 27 heavy (non-hydrogen) atoms. The van der Waals surface area contributed by atoms with Crippen molar-refractivity contribution in [2.75, 3.05) is 18.9 Å². The molecule has 1 aromatic carbocycles. The highest BCUT2D eigenvalue weighted by molar-refractivity contribution is 6.30. The second kappa shape index (κ2) is 8.22. The van der Waals surface area contributed by atoms with E-state index >= 15 is 0 Å². The second-order valence-corrected chi connectivity index (χ2v) is 6.72. The van der Waals surface area contributed by atoms with Crippen molar-refractivity contribution in [2.45, 2.75) is 19.8 Å². The maximum Gasteiger partial charge on any atom is 0.292 e. The van der Waals surface area contributed by atoms with Crippen molar-refractivity contribution in [3.63, 3.8) is 0 Å². The molecule has 0 bridgehead atoms. The largest absolute Gasteiger partial charge is 0.340 e. The smallest absolute Gasteiger partial charge is 0.292 e. The summed E-state index contributed by atoms with van der Waals surface area (Å²) >= 11 is 5.88. The number of nitrogens with zero attached hydrogens (tertiary/aromatic N) is 3. The summed E-state index contributed by atoms with van der Waals surface area (Å²) in [6.45, 7) is 2.72. The molecule has 2 aromatic heterocycles. The van der Waals surface area contributed by atoms with Gasteiger partial charge in [-0.2, -0.15) is 0 Å². The van der Waals surface area contributed by atoms with Gasteiger partial charge in [-0.05, 0) is 42.8 Å². The second-order valence-electron chi connectivity index (χ2n) is 6.28. The molecule has 0 aliphatic rings. The highest BCUT2D eigenvalue weighted by atomic mass is 35.5. The zero-order chi connectivity index (χ0) is 19.4. The van der Waals surface area contributed by atoms with Gasteiger partial charge in [0.25, 0.3) is 11.8 Å². The van der Waals surface area contributed by atoms with E-state index < -0.39 is 5.91 Å². The Labute approximate surface area is 162 Å². The Kier molecular flexibility index (Phi) is 5.76. The monoisotopic (exact) mass is 384 g/mol. The maximum absolute atomic E-state index is 12.8. The molecule has 0 unspecified atom stereocenters. The highest BCUT2D eigenvalue weighted by Crippen LogP contribution is 2.18. The van der Waals surface area contributed by atoms with E-state index in [4.69, 9.17) is 11.6 Å². The average molecular weight is 385 g/mol. The standard InChI is InChI=1S/C20H21ClN4O2/c1-3-4-12-24(2)20(27)17-16-7-5-6-13-25(16)18(23-17)19(26)22-15-10-8-14(21)9-11-15/h5-11,13H,3-4,12H2,1-2H3,(H,22,26). The van der Waals surface area contributed by atoms with Crippen LogP contribution in [0.1, 0.15) is 40.9 Å². The molecule has 0 spiro atoms. The number of amides is 2. The Morgan fingerprint density at radius 1 is 1.19 bits per heavy atom. The van der Waals surface area contributed by atoms with E-state index in [0.717, 1.165) is 12.8 Å². The van der Waals surface area contributed by atoms with Crippen LogP contribution in [0.4, 0.5) is 5.69 Å². The van der Waals surface area contributed by atoms with Gasteiger partial charge < -0.3 is 10.2 Å². The first-order valence-corrected chi connectivity index (χ1v) is 9.18. The first-order valence-electron chi connectivity index (χ1n) is 8.80. The molecule has 0 saturated carbocycles. The van der Waals surface area contributed by atoms with Crippen LogP contribution in [0.25, 0.3) is 5.52 Å². The van der Waals surface area contributed by atoms with Crippen LogP contribution < -0.4 is 5.32 Å². The van der Waals surface area contributed by atoms with E-state index in [9.17, 15) is 9.59 Å². The molecule has 2 heterocycles. The lowest BCUT2D eigenvalue weighted by atomic mass is 10.2. The summed E-state index contributed by atoms with van der Waals surface area (Å²) in [5, 5.41) is 3.37. The van der Waals surface area contributed by atoms with E-state index in [1.54, 1.807) is 58.9 Å². The Bertz CT molecular complexity index is 966. The van der Waals surface area contributed by atoms with Crippen LogP contribution in [0.3, 0.4) is 0 Å². The topological polar surface area (TPSA) is 66.7 Å². The lowest BCUT2D eigenvalue weighted by Crippen LogP contribution is -2.28. The van der Waals surface area contributed by atoms with E-state index in [1.165, 1.54) is 0 Å². The molecule has 0 saturated heterocycles. The summed E-state index contributed by atoms with van der Waals surface area (Å²) in [6.07, 6.45) is 3.64. The Hall–Kier alpha value is -2.86. The first-order chi connectivity index (χ1) is 13.0. The van der Waals surface area contributed by atoms with Gasteiger partial charge in [-0.15, -0.1) is 0 Å². The molecule has 7 heteroatoms. The number of pyridine rings is 1. The molecule has 2 amide bonds. The van der Waals surface area contributed by atoms with E-state index in [-0.39, 0.29) is 17.4 Å². The predicted molar refractivity (Wildman–Crippen MR) is 106 cm³/mol. The van der Waals surface area contributed by atoms with Crippen molar-refractivity contribution in [1.29, 1.82) is 0 Å². The molecule has 0 aliphatic carbocycles. The minimum absolute atomic E-state index is 0.160. The van der Waals surface area contributed by atoms with Crippen LogP contribution in [0, 0.1) is 0 Å². The fourth-order valence-electron chi connectivity index (χ4n) is 2.75. The summed E-state index contributed by atoms with van der Waals surface area (Å²) in [5.74, 6) is -0.431.